The number of amides is 1. The van der Waals surface area contributed by atoms with Crippen LogP contribution in [0.25, 0.3) is 0 Å². The summed E-state index contributed by atoms with van der Waals surface area (Å²) in [4.78, 5) is 12.1. The monoisotopic (exact) mass is 369 g/mol. The molecule has 21 heavy (non-hydrogen) atoms. The van der Waals surface area contributed by atoms with Crippen molar-refractivity contribution >= 4 is 21.8 Å². The molecule has 0 spiro atoms. The van der Waals surface area contributed by atoms with E-state index >= 15 is 0 Å². The zero-order valence-corrected chi connectivity index (χ0v) is 13.2. The number of carbonyl (C=O) groups excluding carboxylic acids is 1. The topological polar surface area (TPSA) is 47.6 Å². The van der Waals surface area contributed by atoms with Crippen molar-refractivity contribution < 1.29 is 27.4 Å². The Kier molecular flexibility index (Phi) is 6.18. The first-order valence-corrected chi connectivity index (χ1v) is 6.73. The summed E-state index contributed by atoms with van der Waals surface area (Å²) in [6.07, 6.45) is -5.21. The van der Waals surface area contributed by atoms with E-state index in [1.165, 1.54) is 20.3 Å². The molecule has 0 aliphatic rings. The Morgan fingerprint density at radius 2 is 1.86 bits per heavy atom. The first-order valence-electron chi connectivity index (χ1n) is 5.94. The Bertz CT molecular complexity index is 504. The highest BCUT2D eigenvalue weighted by atomic mass is 79.9. The largest absolute Gasteiger partial charge is 0.416 e. The highest BCUT2D eigenvalue weighted by molar-refractivity contribution is 9.10. The molecule has 0 fully saturated rings. The molecule has 8 heteroatoms. The lowest BCUT2D eigenvalue weighted by molar-refractivity contribution is -0.137. The summed E-state index contributed by atoms with van der Waals surface area (Å²) in [5, 5.41) is 2.53. The van der Waals surface area contributed by atoms with Crippen molar-refractivity contribution in [3.8, 4) is 0 Å². The number of nitrogens with one attached hydrogen (secondary N) is 1. The van der Waals surface area contributed by atoms with Crippen LogP contribution >= 0.6 is 15.9 Å². The van der Waals surface area contributed by atoms with Gasteiger partial charge in [-0.2, -0.15) is 13.2 Å². The van der Waals surface area contributed by atoms with Gasteiger partial charge in [0.1, 0.15) is 0 Å². The van der Waals surface area contributed by atoms with Crippen LogP contribution in [-0.2, 0) is 15.7 Å². The molecule has 1 aromatic carbocycles. The van der Waals surface area contributed by atoms with E-state index in [1.54, 1.807) is 6.92 Å². The van der Waals surface area contributed by atoms with E-state index in [1.807, 2.05) is 0 Å². The lowest BCUT2D eigenvalue weighted by atomic mass is 10.1. The molecule has 1 amide bonds. The van der Waals surface area contributed by atoms with Gasteiger partial charge in [-0.15, -0.1) is 0 Å². The zero-order chi connectivity index (χ0) is 16.2. The first-order chi connectivity index (χ1) is 9.70. The SMILES string of the molecule is COC(OC)C(C)NC(=O)c1cc(C(F)(F)F)ccc1Br. The van der Waals surface area contributed by atoms with E-state index in [-0.39, 0.29) is 10.0 Å². The van der Waals surface area contributed by atoms with E-state index in [0.29, 0.717) is 0 Å². The lowest BCUT2D eigenvalue weighted by Crippen LogP contribution is -2.43. The van der Waals surface area contributed by atoms with E-state index in [4.69, 9.17) is 9.47 Å². The second-order valence-electron chi connectivity index (χ2n) is 4.29. The minimum Gasteiger partial charge on any atom is -0.354 e. The fraction of sp³-hybridized carbons (Fsp3) is 0.462. The highest BCUT2D eigenvalue weighted by Crippen LogP contribution is 2.31. The molecule has 0 saturated heterocycles. The number of halogens is 4. The van der Waals surface area contributed by atoms with Gasteiger partial charge in [0.2, 0.25) is 0 Å². The van der Waals surface area contributed by atoms with Gasteiger partial charge in [-0.1, -0.05) is 0 Å². The fourth-order valence-corrected chi connectivity index (χ4v) is 2.16. The standard InChI is InChI=1S/C13H15BrF3NO3/c1-7(12(20-2)21-3)18-11(19)9-6-8(13(15,16)17)4-5-10(9)14/h4-7,12H,1-3H3,(H,18,19). The maximum atomic E-state index is 12.7. The molecule has 0 bridgehead atoms. The van der Waals surface area contributed by atoms with Gasteiger partial charge in [-0.25, -0.2) is 0 Å². The van der Waals surface area contributed by atoms with Gasteiger partial charge in [-0.05, 0) is 41.1 Å². The van der Waals surface area contributed by atoms with Gasteiger partial charge in [0.15, 0.2) is 6.29 Å². The number of alkyl halides is 3. The van der Waals surface area contributed by atoms with Gasteiger partial charge in [0.05, 0.1) is 17.2 Å². The van der Waals surface area contributed by atoms with Gasteiger partial charge >= 0.3 is 6.18 Å². The quantitative estimate of drug-likeness (QED) is 0.810. The molecule has 118 valence electrons. The third-order valence-electron chi connectivity index (χ3n) is 2.77. The lowest BCUT2D eigenvalue weighted by Gasteiger charge is -2.22. The molecule has 0 radical (unpaired) electrons. The maximum Gasteiger partial charge on any atom is 0.416 e. The second kappa shape index (κ2) is 7.24. The molecule has 1 rings (SSSR count). The Morgan fingerprint density at radius 1 is 1.29 bits per heavy atom. The Hall–Kier alpha value is -1.12. The summed E-state index contributed by atoms with van der Waals surface area (Å²) in [5.74, 6) is -0.653. The van der Waals surface area contributed by atoms with E-state index in [2.05, 4.69) is 21.2 Å². The second-order valence-corrected chi connectivity index (χ2v) is 5.15. The van der Waals surface area contributed by atoms with Crippen molar-refractivity contribution in [2.24, 2.45) is 0 Å². The number of rotatable bonds is 5. The summed E-state index contributed by atoms with van der Waals surface area (Å²) < 4.78 is 48.3. The van der Waals surface area contributed by atoms with Crippen LogP contribution in [0.5, 0.6) is 0 Å². The van der Waals surface area contributed by atoms with E-state index in [0.717, 1.165) is 12.1 Å². The third-order valence-corrected chi connectivity index (χ3v) is 3.46. The minimum atomic E-state index is -4.51. The van der Waals surface area contributed by atoms with Crippen LogP contribution < -0.4 is 5.32 Å². The normalized spacial score (nSPS) is 13.3. The Morgan fingerprint density at radius 3 is 2.33 bits per heavy atom. The minimum absolute atomic E-state index is 0.109. The smallest absolute Gasteiger partial charge is 0.354 e. The van der Waals surface area contributed by atoms with Crippen LogP contribution in [0.4, 0.5) is 13.2 Å². The molecule has 0 aliphatic carbocycles. The van der Waals surface area contributed by atoms with E-state index < -0.39 is 30.0 Å². The van der Waals surface area contributed by atoms with Crippen molar-refractivity contribution in [3.05, 3.63) is 33.8 Å². The van der Waals surface area contributed by atoms with Crippen molar-refractivity contribution in [2.75, 3.05) is 14.2 Å². The van der Waals surface area contributed by atoms with Crippen LogP contribution in [0, 0.1) is 0 Å². The van der Waals surface area contributed by atoms with Crippen LogP contribution in [0.15, 0.2) is 22.7 Å². The molecular formula is C13H15BrF3NO3. The fourth-order valence-electron chi connectivity index (χ4n) is 1.73. The Labute approximate surface area is 128 Å². The van der Waals surface area contributed by atoms with Gasteiger partial charge in [0.25, 0.3) is 5.91 Å². The number of benzene rings is 1. The third kappa shape index (κ3) is 4.69. The molecule has 1 N–H and O–H groups in total. The molecule has 1 aromatic rings. The molecule has 0 aliphatic heterocycles. The molecule has 1 atom stereocenters. The average Bonchev–Trinajstić information content (AvgIpc) is 2.39. The predicted molar refractivity (Wildman–Crippen MR) is 73.9 cm³/mol. The summed E-state index contributed by atoms with van der Waals surface area (Å²) in [6, 6.07) is 2.35. The average molecular weight is 370 g/mol. The number of methoxy groups -OCH3 is 2. The van der Waals surface area contributed by atoms with Gasteiger partial charge in [-0.3, -0.25) is 4.79 Å². The zero-order valence-electron chi connectivity index (χ0n) is 11.6. The van der Waals surface area contributed by atoms with Crippen LogP contribution in [0.2, 0.25) is 0 Å². The molecule has 0 saturated carbocycles. The van der Waals surface area contributed by atoms with Gasteiger partial charge < -0.3 is 14.8 Å². The first kappa shape index (κ1) is 17.9. The van der Waals surface area contributed by atoms with Gasteiger partial charge in [0, 0.05) is 18.7 Å². The number of hydrogen-bond acceptors (Lipinski definition) is 3. The Balaban J connectivity index is 2.97. The number of hydrogen-bond donors (Lipinski definition) is 1. The maximum absolute atomic E-state index is 12.7. The summed E-state index contributed by atoms with van der Waals surface area (Å²) >= 11 is 3.07. The molecule has 4 nitrogen and oxygen atoms in total. The van der Waals surface area contributed by atoms with Crippen molar-refractivity contribution in [3.63, 3.8) is 0 Å². The summed E-state index contributed by atoms with van der Waals surface area (Å²) in [7, 11) is 2.80. The van der Waals surface area contributed by atoms with Crippen molar-refractivity contribution in [1.82, 2.24) is 5.32 Å². The molecule has 1 unspecified atom stereocenters. The van der Waals surface area contributed by atoms with Crippen molar-refractivity contribution in [2.45, 2.75) is 25.4 Å². The molecule has 0 aromatic heterocycles. The summed E-state index contributed by atoms with van der Waals surface area (Å²) in [6.45, 7) is 1.62. The van der Waals surface area contributed by atoms with Crippen molar-refractivity contribution in [1.29, 1.82) is 0 Å². The number of carbonyl (C=O) groups is 1. The summed E-state index contributed by atoms with van der Waals surface area (Å²) in [5.41, 5.74) is -0.999. The van der Waals surface area contributed by atoms with E-state index in [9.17, 15) is 18.0 Å². The van der Waals surface area contributed by atoms with Crippen LogP contribution in [0.3, 0.4) is 0 Å². The predicted octanol–water partition coefficient (Wildman–Crippen LogP) is 3.21. The number of ether oxygens (including phenoxy) is 2. The van der Waals surface area contributed by atoms with Crippen LogP contribution in [-0.4, -0.2) is 32.5 Å². The molecule has 0 heterocycles. The molecular weight excluding hydrogens is 355 g/mol. The van der Waals surface area contributed by atoms with Crippen LogP contribution in [0.1, 0.15) is 22.8 Å². The highest BCUT2D eigenvalue weighted by Gasteiger charge is 2.32.